The van der Waals surface area contributed by atoms with Gasteiger partial charge in [0.05, 0.1) is 19.7 Å². The number of aliphatic carboxylic acids is 1. The number of carboxylic acid groups (broad SMARTS) is 1. The number of carbonyl (C=O) groups excluding carboxylic acids is 2. The number of nitrogen functional groups attached to an aromatic ring is 1. The molecule has 0 aliphatic carbocycles. The lowest BCUT2D eigenvalue weighted by Crippen LogP contribution is -2.71. The lowest BCUT2D eigenvalue weighted by molar-refractivity contribution is -0.150. The number of β-lactam (4-membered cyclic amide) rings is 1. The monoisotopic (exact) mass is 620 g/mol. The van der Waals surface area contributed by atoms with Gasteiger partial charge >= 0.3 is 16.4 Å². The van der Waals surface area contributed by atoms with Crippen molar-refractivity contribution in [3.63, 3.8) is 0 Å². The summed E-state index contributed by atoms with van der Waals surface area (Å²) in [6.45, 7) is 0.108. The van der Waals surface area contributed by atoms with E-state index in [1.807, 2.05) is 0 Å². The number of hydrogen-bond acceptors (Lipinski definition) is 13. The fraction of sp³-hybridized carbons (Fsp3) is 0.368. The number of hydrogen-bond donors (Lipinski definition) is 7. The van der Waals surface area contributed by atoms with Crippen molar-refractivity contribution in [1.82, 2.24) is 24.6 Å². The molecule has 21 heteroatoms. The van der Waals surface area contributed by atoms with E-state index in [1.165, 1.54) is 35.0 Å². The number of fused-ring (bicyclic) bond motifs is 1. The normalized spacial score (nSPS) is 18.9. The van der Waals surface area contributed by atoms with Crippen LogP contribution < -0.4 is 16.5 Å². The summed E-state index contributed by atoms with van der Waals surface area (Å²) in [5.41, 5.74) is 6.14. The Balaban J connectivity index is 0.000000810. The van der Waals surface area contributed by atoms with E-state index in [4.69, 9.17) is 33.5 Å². The number of nitrogens with one attached hydrogen (secondary N) is 2. The fourth-order valence-corrected chi connectivity index (χ4v) is 5.73. The highest BCUT2D eigenvalue weighted by Crippen LogP contribution is 2.40. The van der Waals surface area contributed by atoms with Gasteiger partial charge in [0.15, 0.2) is 10.8 Å². The van der Waals surface area contributed by atoms with Crippen molar-refractivity contribution in [2.24, 2.45) is 5.16 Å². The predicted molar refractivity (Wildman–Crippen MR) is 139 cm³/mol. The maximum absolute atomic E-state index is 13.0. The van der Waals surface area contributed by atoms with Gasteiger partial charge in [-0.2, -0.15) is 8.42 Å². The van der Waals surface area contributed by atoms with E-state index in [1.54, 1.807) is 10.9 Å². The van der Waals surface area contributed by atoms with Crippen molar-refractivity contribution >= 4 is 62.1 Å². The van der Waals surface area contributed by atoms with Crippen molar-refractivity contribution in [2.75, 3.05) is 25.2 Å². The first-order chi connectivity index (χ1) is 18.8. The number of carboxylic acids is 1. The van der Waals surface area contributed by atoms with Gasteiger partial charge in [0, 0.05) is 17.3 Å². The highest BCUT2D eigenvalue weighted by molar-refractivity contribution is 8.00. The SMILES string of the molecule is CON=C(C(=O)N[C@@H]1C(=O)N2C(C(=O)O)=C(Cn3ccc(=N)n3CCO)CS[C@H]12)c1csc(N)n1.O=S(=O)(O)O. The van der Waals surface area contributed by atoms with Crippen molar-refractivity contribution in [3.8, 4) is 0 Å². The van der Waals surface area contributed by atoms with Gasteiger partial charge in [0.2, 0.25) is 0 Å². The van der Waals surface area contributed by atoms with E-state index >= 15 is 0 Å². The number of nitrogens with two attached hydrogens (primary N) is 1. The molecule has 0 aromatic carbocycles. The Morgan fingerprint density at radius 1 is 1.38 bits per heavy atom. The van der Waals surface area contributed by atoms with E-state index < -0.39 is 39.6 Å². The van der Waals surface area contributed by atoms with Gasteiger partial charge < -0.3 is 26.1 Å². The number of thiazole rings is 1. The minimum atomic E-state index is -4.67. The Kier molecular flexibility index (Phi) is 9.70. The van der Waals surface area contributed by atoms with E-state index in [0.29, 0.717) is 5.57 Å². The molecule has 0 spiro atoms. The topological polar surface area (TPSA) is 276 Å². The van der Waals surface area contributed by atoms with Crippen molar-refractivity contribution in [1.29, 1.82) is 5.41 Å². The third-order valence-electron chi connectivity index (χ3n) is 5.36. The molecule has 4 rings (SSSR count). The first-order valence-electron chi connectivity index (χ1n) is 10.9. The minimum Gasteiger partial charge on any atom is -0.477 e. The zero-order valence-corrected chi connectivity index (χ0v) is 22.9. The van der Waals surface area contributed by atoms with Crippen LogP contribution in [0.5, 0.6) is 0 Å². The highest BCUT2D eigenvalue weighted by atomic mass is 32.3. The molecule has 0 saturated carbocycles. The highest BCUT2D eigenvalue weighted by Gasteiger charge is 2.54. The summed E-state index contributed by atoms with van der Waals surface area (Å²) >= 11 is 2.43. The zero-order valence-electron chi connectivity index (χ0n) is 20.5. The first-order valence-corrected chi connectivity index (χ1v) is 14.2. The molecule has 1 saturated heterocycles. The van der Waals surface area contributed by atoms with Crippen LogP contribution in [-0.2, 0) is 42.7 Å². The molecule has 0 bridgehead atoms. The molecule has 2 aromatic rings. The van der Waals surface area contributed by atoms with Crippen LogP contribution in [-0.4, -0.2) is 101 Å². The van der Waals surface area contributed by atoms with Gasteiger partial charge in [-0.15, -0.1) is 23.1 Å². The number of rotatable bonds is 9. The molecule has 8 N–H and O–H groups in total. The minimum absolute atomic E-state index is 0.122. The molecule has 4 heterocycles. The molecule has 2 aliphatic heterocycles. The summed E-state index contributed by atoms with van der Waals surface area (Å²) in [7, 11) is -3.40. The van der Waals surface area contributed by atoms with Crippen LogP contribution in [0.3, 0.4) is 0 Å². The number of thioether (sulfide) groups is 1. The largest absolute Gasteiger partial charge is 0.477 e. The number of amides is 2. The van der Waals surface area contributed by atoms with Crippen LogP contribution in [0.2, 0.25) is 0 Å². The number of aliphatic hydroxyl groups excluding tert-OH is 1. The van der Waals surface area contributed by atoms with E-state index in [-0.39, 0.29) is 53.2 Å². The van der Waals surface area contributed by atoms with Crippen molar-refractivity contribution in [2.45, 2.75) is 24.5 Å². The number of carbonyl (C=O) groups is 3. The van der Waals surface area contributed by atoms with Gasteiger partial charge in [-0.05, 0) is 11.6 Å². The summed E-state index contributed by atoms with van der Waals surface area (Å²) in [6.07, 6.45) is 1.62. The maximum Gasteiger partial charge on any atom is 0.394 e. The molecule has 2 aromatic heterocycles. The Morgan fingerprint density at radius 3 is 2.60 bits per heavy atom. The lowest BCUT2D eigenvalue weighted by Gasteiger charge is -2.49. The molecule has 218 valence electrons. The second-order valence-corrected chi connectivity index (χ2v) is 10.8. The second kappa shape index (κ2) is 12.6. The van der Waals surface area contributed by atoms with Gasteiger partial charge in [0.1, 0.15) is 35.4 Å². The van der Waals surface area contributed by atoms with Gasteiger partial charge in [-0.25, -0.2) is 9.78 Å². The molecule has 18 nitrogen and oxygen atoms in total. The molecule has 1 fully saturated rings. The molecule has 2 amide bonds. The van der Waals surface area contributed by atoms with Gasteiger partial charge in [-0.1, -0.05) is 5.16 Å². The summed E-state index contributed by atoms with van der Waals surface area (Å²) in [5.74, 6) is -2.26. The molecule has 0 radical (unpaired) electrons. The molecular weight excluding hydrogens is 596 g/mol. The molecule has 2 aliphatic rings. The second-order valence-electron chi connectivity index (χ2n) is 7.90. The smallest absolute Gasteiger partial charge is 0.394 e. The Labute approximate surface area is 233 Å². The summed E-state index contributed by atoms with van der Waals surface area (Å²) in [6, 6.07) is 0.567. The Bertz CT molecular complexity index is 1520. The Morgan fingerprint density at radius 2 is 2.05 bits per heavy atom. The van der Waals surface area contributed by atoms with Crippen molar-refractivity contribution in [3.05, 3.63) is 40.1 Å². The molecular formula is C19H24N8O10S3. The lowest BCUT2D eigenvalue weighted by atomic mass is 10.0. The van der Waals surface area contributed by atoms with E-state index in [0.717, 1.165) is 16.2 Å². The van der Waals surface area contributed by atoms with Gasteiger partial charge in [-0.3, -0.25) is 38.4 Å². The average molecular weight is 621 g/mol. The van der Waals surface area contributed by atoms with E-state index in [2.05, 4.69) is 15.5 Å². The maximum atomic E-state index is 13.0. The van der Waals surface area contributed by atoms with Crippen LogP contribution in [0.4, 0.5) is 5.13 Å². The third-order valence-corrected chi connectivity index (χ3v) is 7.37. The Hall–Kier alpha value is -3.76. The molecule has 0 unspecified atom stereocenters. The van der Waals surface area contributed by atoms with Crippen LogP contribution in [0.15, 0.2) is 34.1 Å². The van der Waals surface area contributed by atoms with Crippen LogP contribution >= 0.6 is 23.1 Å². The summed E-state index contributed by atoms with van der Waals surface area (Å²) < 4.78 is 34.7. The van der Waals surface area contributed by atoms with Crippen LogP contribution in [0, 0.1) is 5.41 Å². The number of oxime groups is 1. The number of anilines is 1. The summed E-state index contributed by atoms with van der Waals surface area (Å²) in [5, 5.41) is 34.5. The predicted octanol–water partition coefficient (Wildman–Crippen LogP) is -2.06. The molecule has 40 heavy (non-hydrogen) atoms. The fourth-order valence-electron chi connectivity index (χ4n) is 3.85. The average Bonchev–Trinajstić information content (AvgIpc) is 3.45. The first kappa shape index (κ1) is 30.8. The number of aliphatic hydroxyl groups is 1. The third kappa shape index (κ3) is 7.05. The standard InChI is InChI=1S/C19H22N8O6S2.H2O4S/c1-33-24-12(10-8-35-19(21)22-10)15(29)23-13-16(30)27-14(18(31)32)9(7-34-17(13)27)6-25-3-2-11(20)26(25)4-5-28;1-5(2,3)4/h2-3,8,13,17,20,28H,4-7H2,1H3,(H2,21,22)(H,23,29)(H,31,32);(H2,1,2,3,4)/t13-,17-;/m1./s1. The van der Waals surface area contributed by atoms with E-state index in [9.17, 15) is 24.6 Å². The van der Waals surface area contributed by atoms with Crippen LogP contribution in [0.25, 0.3) is 0 Å². The van der Waals surface area contributed by atoms with Crippen LogP contribution in [0.1, 0.15) is 5.69 Å². The number of aromatic nitrogens is 3. The van der Waals surface area contributed by atoms with Gasteiger partial charge in [0.25, 0.3) is 11.8 Å². The number of nitrogens with zero attached hydrogens (tertiary/aromatic N) is 5. The summed E-state index contributed by atoms with van der Waals surface area (Å²) in [4.78, 5) is 47.8. The quantitative estimate of drug-likeness (QED) is 0.0688. The van der Waals surface area contributed by atoms with Crippen molar-refractivity contribution < 1.29 is 47.0 Å². The zero-order chi connectivity index (χ0) is 29.8. The molecule has 2 atom stereocenters.